The van der Waals surface area contributed by atoms with Crippen LogP contribution in [0, 0.1) is 29.6 Å². The van der Waals surface area contributed by atoms with Crippen LogP contribution >= 0.6 is 108 Å². The van der Waals surface area contributed by atoms with Crippen molar-refractivity contribution in [2.75, 3.05) is 6.61 Å². The Hall–Kier alpha value is -0.540. The Bertz CT molecular complexity index is 2280. The summed E-state index contributed by atoms with van der Waals surface area (Å²) in [4.78, 5) is 4.04. The zero-order chi connectivity index (χ0) is 71.0. The summed E-state index contributed by atoms with van der Waals surface area (Å²) >= 11 is 0. The topological polar surface area (TPSA) is 22.4 Å². The van der Waals surface area contributed by atoms with Crippen LogP contribution in [0.25, 0.3) is 0 Å². The number of benzene rings is 4. The molecule has 0 saturated heterocycles. The fourth-order valence-electron chi connectivity index (χ4n) is 6.85. The molecule has 5 aromatic rings. The third-order valence-corrected chi connectivity index (χ3v) is 26.1. The highest BCUT2D eigenvalue weighted by atomic mass is 33.1. The van der Waals surface area contributed by atoms with Crippen LogP contribution in [0.15, 0.2) is 129 Å². The zero-order valence-corrected chi connectivity index (χ0v) is 72.4. The highest BCUT2D eigenvalue weighted by Crippen LogP contribution is 2.42. The molecule has 0 spiro atoms. The number of para-hydroxylation sites is 1. The van der Waals surface area contributed by atoms with E-state index in [4.69, 9.17) is 9.15 Å². The van der Waals surface area contributed by atoms with E-state index in [0.717, 1.165) is 54.5 Å². The lowest BCUT2D eigenvalue weighted by Crippen LogP contribution is -2.05. The fraction of sp³-hybridized carbons (Fsp3) is 0.646. The highest BCUT2D eigenvalue weighted by Gasteiger charge is 2.15. The van der Waals surface area contributed by atoms with Gasteiger partial charge in [-0.15, -0.1) is 0 Å². The van der Waals surface area contributed by atoms with Gasteiger partial charge in [0.15, 0.2) is 0 Å². The maximum atomic E-state index is 5.85. The number of furan rings is 1. The molecule has 91 heavy (non-hydrogen) atoms. The maximum Gasteiger partial charge on any atom is 0.133 e. The molecule has 0 radical (unpaired) electrons. The predicted octanol–water partition coefficient (Wildman–Crippen LogP) is 31.6. The van der Waals surface area contributed by atoms with E-state index in [2.05, 4.69) is 243 Å². The van der Waals surface area contributed by atoms with Crippen LogP contribution in [0.5, 0.6) is 5.75 Å². The lowest BCUT2D eigenvalue weighted by molar-refractivity contribution is 0.283. The third-order valence-electron chi connectivity index (χ3n) is 10.6. The number of aryl methyl sites for hydroxylation is 1. The van der Waals surface area contributed by atoms with Crippen LogP contribution in [-0.4, -0.2) is 31.9 Å². The van der Waals surface area contributed by atoms with Gasteiger partial charge in [-0.1, -0.05) is 396 Å². The van der Waals surface area contributed by atoms with Gasteiger partial charge in [0.1, 0.15) is 5.75 Å². The Balaban J connectivity index is -0.000000327. The second kappa shape index (κ2) is 64.2. The zero-order valence-electron chi connectivity index (χ0n) is 64.3. The average molecular weight is 1440 g/mol. The van der Waals surface area contributed by atoms with Crippen molar-refractivity contribution in [3.63, 3.8) is 0 Å². The van der Waals surface area contributed by atoms with Crippen molar-refractivity contribution in [3.8, 4) is 5.75 Å². The van der Waals surface area contributed by atoms with Crippen molar-refractivity contribution in [2.45, 2.75) is 312 Å². The Morgan fingerprint density at radius 3 is 1.21 bits per heavy atom. The van der Waals surface area contributed by atoms with E-state index in [-0.39, 0.29) is 0 Å². The van der Waals surface area contributed by atoms with Crippen molar-refractivity contribution in [3.05, 3.63) is 143 Å². The Morgan fingerprint density at radius 1 is 0.374 bits per heavy atom. The van der Waals surface area contributed by atoms with E-state index >= 15 is 0 Å². The van der Waals surface area contributed by atoms with E-state index < -0.39 is 0 Å². The fourth-order valence-corrected chi connectivity index (χ4v) is 17.5. The second-order valence-electron chi connectivity index (χ2n) is 25.2. The molecule has 0 saturated carbocycles. The molecular weight excluding hydrogens is 1300 g/mol. The quantitative estimate of drug-likeness (QED) is 0.0446. The average Bonchev–Trinajstić information content (AvgIpc) is 3.22. The van der Waals surface area contributed by atoms with Gasteiger partial charge in [0.25, 0.3) is 0 Å². The van der Waals surface area contributed by atoms with Crippen LogP contribution < -0.4 is 4.74 Å². The summed E-state index contributed by atoms with van der Waals surface area (Å²) in [6.45, 7) is 70.3. The van der Waals surface area contributed by atoms with Gasteiger partial charge in [-0.3, -0.25) is 0 Å². The SMILES string of the molecule is CC.CC.CC.CC.CC.CC(C)CCOc1ccccc1SSC(C)C.CC(C)CCc1ccccc1SSC(C)C.CC(C)Cc1ccc(SSC(C)C)cc1.CC(C)Cc1ccccc1CSSC(C)(C)C.CC(C)Cc1cocc1CSSC(C)(C)C. The largest absolute Gasteiger partial charge is 0.492 e. The molecule has 1 heterocycles. The highest BCUT2D eigenvalue weighted by molar-refractivity contribution is 8.78. The van der Waals surface area contributed by atoms with E-state index in [9.17, 15) is 0 Å². The van der Waals surface area contributed by atoms with Gasteiger partial charge in [0.05, 0.1) is 24.0 Å². The van der Waals surface area contributed by atoms with Gasteiger partial charge < -0.3 is 9.15 Å². The van der Waals surface area contributed by atoms with Crippen LogP contribution in [-0.2, 0) is 37.2 Å². The number of hydrogen-bond acceptors (Lipinski definition) is 12. The summed E-state index contributed by atoms with van der Waals surface area (Å²) in [6, 6.07) is 34.9. The molecule has 0 N–H and O–H groups in total. The molecule has 0 aliphatic rings. The van der Waals surface area contributed by atoms with Crippen molar-refractivity contribution < 1.29 is 9.15 Å². The molecule has 0 aliphatic heterocycles. The smallest absolute Gasteiger partial charge is 0.133 e. The molecule has 0 aliphatic carbocycles. The minimum absolute atomic E-state index is 0.326. The third kappa shape index (κ3) is 62.7. The second-order valence-corrected chi connectivity index (χ2v) is 40.0. The van der Waals surface area contributed by atoms with E-state index in [0.29, 0.717) is 37.1 Å². The van der Waals surface area contributed by atoms with Crippen LogP contribution in [0.2, 0.25) is 0 Å². The summed E-state index contributed by atoms with van der Waals surface area (Å²) in [5.74, 6) is 6.83. The first-order valence-electron chi connectivity index (χ1n) is 34.6. The summed E-state index contributed by atoms with van der Waals surface area (Å²) < 4.78 is 11.8. The number of rotatable bonds is 28. The van der Waals surface area contributed by atoms with Crippen molar-refractivity contribution >= 4 is 108 Å². The molecule has 0 unspecified atom stereocenters. The molecule has 0 amide bonds. The van der Waals surface area contributed by atoms with Gasteiger partial charge in [-0.2, -0.15) is 0 Å². The minimum Gasteiger partial charge on any atom is -0.492 e. The molecular formula is C79H140O2S10. The van der Waals surface area contributed by atoms with E-state index in [1.807, 2.05) is 185 Å². The molecule has 12 heteroatoms. The van der Waals surface area contributed by atoms with Gasteiger partial charge in [0, 0.05) is 52.1 Å². The van der Waals surface area contributed by atoms with Crippen molar-refractivity contribution in [1.29, 1.82) is 0 Å². The molecule has 4 aromatic carbocycles. The van der Waals surface area contributed by atoms with E-state index in [1.54, 1.807) is 10.8 Å². The monoisotopic (exact) mass is 1440 g/mol. The van der Waals surface area contributed by atoms with Gasteiger partial charge >= 0.3 is 0 Å². The van der Waals surface area contributed by atoms with Gasteiger partial charge in [-0.05, 0) is 126 Å². The summed E-state index contributed by atoms with van der Waals surface area (Å²) in [5, 5.41) is 2.00. The predicted molar refractivity (Wildman–Crippen MR) is 448 cm³/mol. The molecule has 2 nitrogen and oxygen atoms in total. The summed E-state index contributed by atoms with van der Waals surface area (Å²) in [7, 11) is 19.1. The number of ether oxygens (including phenoxy) is 1. The van der Waals surface area contributed by atoms with Crippen molar-refractivity contribution in [1.82, 2.24) is 0 Å². The molecule has 1 aromatic heterocycles. The Kier molecular flexibility index (Phi) is 69.9. The molecule has 0 fully saturated rings. The molecule has 0 atom stereocenters. The first kappa shape index (κ1) is 99.1. The van der Waals surface area contributed by atoms with Gasteiger partial charge in [-0.25, -0.2) is 0 Å². The first-order chi connectivity index (χ1) is 43.0. The first-order valence-corrected chi connectivity index (χ1v) is 45.9. The Morgan fingerprint density at radius 2 is 0.758 bits per heavy atom. The molecule has 0 bridgehead atoms. The normalized spacial score (nSPS) is 10.7. The maximum absolute atomic E-state index is 5.85. The lowest BCUT2D eigenvalue weighted by atomic mass is 9.99. The molecule has 5 rings (SSSR count). The summed E-state index contributed by atoms with van der Waals surface area (Å²) in [6.07, 6.45) is 10.9. The Labute approximate surface area is 607 Å². The van der Waals surface area contributed by atoms with Crippen molar-refractivity contribution in [2.24, 2.45) is 29.6 Å². The van der Waals surface area contributed by atoms with Crippen LogP contribution in [0.3, 0.4) is 0 Å². The van der Waals surface area contributed by atoms with Gasteiger partial charge in [0.2, 0.25) is 0 Å². The standard InChI is InChI=1S/C15H24S2.C14H22OS2.C14H22S2.C13H22OS2.C13H20S2.5C2H6/c1-12(2)10-13-8-6-7-9-14(13)11-16-17-15(3,4)5;1-11(2)9-10-15-13-7-5-6-8-14(13)17-16-12(3)4;1-11(2)9-10-13-7-5-6-8-14(13)16-15-12(3)4;1-10(2)6-11-7-14-8-12(11)9-15-16-13(3,4)5;1-10(2)9-12-5-7-13(8-6-12)15-14-11(3)4;5*1-2/h6-9,12H,10-11H2,1-5H3;5-8,11-12H,9-10H2,1-4H3;5-8,11-12H,9-10H2,1-4H3;7-8,10H,6,9H2,1-5H3;5-8,10-11H,9H2,1-4H3;5*1-2H3. The van der Waals surface area contributed by atoms with Crippen LogP contribution in [0.1, 0.15) is 268 Å². The summed E-state index contributed by atoms with van der Waals surface area (Å²) in [5.41, 5.74) is 8.71. The minimum atomic E-state index is 0.326. The van der Waals surface area contributed by atoms with Crippen LogP contribution in [0.4, 0.5) is 0 Å². The van der Waals surface area contributed by atoms with E-state index in [1.165, 1.54) is 73.8 Å². The number of hydrogen-bond donors (Lipinski definition) is 0. The molecule has 528 valence electrons. The lowest BCUT2D eigenvalue weighted by Gasteiger charge is -2.17.